The third-order valence-electron chi connectivity index (χ3n) is 1.90. The van der Waals surface area contributed by atoms with E-state index >= 15 is 0 Å². The molecular formula is C11H11ClN2O. The zero-order chi connectivity index (χ0) is 11.3. The van der Waals surface area contributed by atoms with Crippen molar-refractivity contribution < 1.29 is 4.74 Å². The lowest BCUT2D eigenvalue weighted by Gasteiger charge is -2.05. The Morgan fingerprint density at radius 2 is 2.07 bits per heavy atom. The lowest BCUT2D eigenvalue weighted by molar-refractivity contribution is 0.229. The Kier molecular flexibility index (Phi) is 4.17. The Morgan fingerprint density at radius 1 is 1.47 bits per heavy atom. The molecule has 0 unspecified atom stereocenters. The minimum atomic E-state index is 0.213. The van der Waals surface area contributed by atoms with Crippen LogP contribution in [-0.4, -0.2) is 13.7 Å². The molecule has 0 aliphatic rings. The van der Waals surface area contributed by atoms with Gasteiger partial charge in [0.25, 0.3) is 0 Å². The Labute approximate surface area is 93.7 Å². The van der Waals surface area contributed by atoms with E-state index in [2.05, 4.69) is 0 Å². The first-order valence-corrected chi connectivity index (χ1v) is 4.70. The number of nitrogens with zero attached hydrogens (tertiary/aromatic N) is 1. The highest BCUT2D eigenvalue weighted by Crippen LogP contribution is 2.16. The van der Waals surface area contributed by atoms with E-state index in [1.165, 1.54) is 7.11 Å². The molecule has 0 amide bonds. The minimum Gasteiger partial charge on any atom is -0.397 e. The monoisotopic (exact) mass is 222 g/mol. The second-order valence-corrected chi connectivity index (χ2v) is 3.38. The molecule has 0 atom stereocenters. The largest absolute Gasteiger partial charge is 0.397 e. The summed E-state index contributed by atoms with van der Waals surface area (Å²) in [5.41, 5.74) is 7.43. The maximum atomic E-state index is 8.85. The summed E-state index contributed by atoms with van der Waals surface area (Å²) in [5.74, 6) is 0. The molecule has 78 valence electrons. The van der Waals surface area contributed by atoms with Crippen LogP contribution >= 0.6 is 11.6 Å². The summed E-state index contributed by atoms with van der Waals surface area (Å²) >= 11 is 5.74. The summed E-state index contributed by atoms with van der Waals surface area (Å²) in [7, 11) is 1.52. The van der Waals surface area contributed by atoms with Crippen molar-refractivity contribution in [2.75, 3.05) is 13.7 Å². The van der Waals surface area contributed by atoms with E-state index in [4.69, 9.17) is 27.3 Å². The van der Waals surface area contributed by atoms with Crippen molar-refractivity contribution in [2.45, 2.75) is 0 Å². The van der Waals surface area contributed by atoms with Crippen LogP contribution in [0.15, 0.2) is 29.8 Å². The van der Waals surface area contributed by atoms with Crippen LogP contribution in [-0.2, 0) is 4.74 Å². The molecule has 1 rings (SSSR count). The molecule has 0 fully saturated rings. The molecule has 1 aromatic rings. The van der Waals surface area contributed by atoms with Gasteiger partial charge in [0.05, 0.1) is 23.9 Å². The molecule has 0 saturated carbocycles. The van der Waals surface area contributed by atoms with Crippen LogP contribution in [0.4, 0.5) is 0 Å². The van der Waals surface area contributed by atoms with Crippen molar-refractivity contribution in [3.8, 4) is 6.07 Å². The number of nitriles is 1. The molecule has 0 bridgehead atoms. The molecule has 0 saturated heterocycles. The smallest absolute Gasteiger partial charge is 0.0993 e. The average molecular weight is 223 g/mol. The summed E-state index contributed by atoms with van der Waals surface area (Å²) in [6, 6.07) is 9.00. The Balaban J connectivity index is 3.06. The quantitative estimate of drug-likeness (QED) is 0.798. The standard InChI is InChI=1S/C11H11ClN2O/c1-15-7-9(6-13)11(14)8-2-4-10(12)5-3-8/h2-5H,7,14H2,1H3/b11-9-. The lowest BCUT2D eigenvalue weighted by Crippen LogP contribution is -2.04. The summed E-state index contributed by atoms with van der Waals surface area (Å²) < 4.78 is 4.87. The zero-order valence-electron chi connectivity index (χ0n) is 8.33. The maximum absolute atomic E-state index is 8.85. The van der Waals surface area contributed by atoms with E-state index in [0.29, 0.717) is 16.3 Å². The average Bonchev–Trinajstić information content (AvgIpc) is 2.26. The lowest BCUT2D eigenvalue weighted by atomic mass is 10.1. The third kappa shape index (κ3) is 2.98. The van der Waals surface area contributed by atoms with Crippen LogP contribution in [0.2, 0.25) is 5.02 Å². The molecule has 0 aromatic heterocycles. The molecule has 0 spiro atoms. The topological polar surface area (TPSA) is 59.0 Å². The van der Waals surface area contributed by atoms with Crippen LogP contribution in [0.1, 0.15) is 5.56 Å². The van der Waals surface area contributed by atoms with Gasteiger partial charge >= 0.3 is 0 Å². The van der Waals surface area contributed by atoms with E-state index in [9.17, 15) is 0 Å². The van der Waals surface area contributed by atoms with Gasteiger partial charge in [0.1, 0.15) is 0 Å². The number of ether oxygens (including phenoxy) is 1. The minimum absolute atomic E-state index is 0.213. The SMILES string of the molecule is COC/C(C#N)=C(\N)c1ccc(Cl)cc1. The first kappa shape index (κ1) is 11.6. The molecule has 2 N–H and O–H groups in total. The molecule has 1 aromatic carbocycles. The molecule has 4 heteroatoms. The summed E-state index contributed by atoms with van der Waals surface area (Å²) in [4.78, 5) is 0. The van der Waals surface area contributed by atoms with E-state index in [1.54, 1.807) is 24.3 Å². The van der Waals surface area contributed by atoms with Gasteiger partial charge in [0.15, 0.2) is 0 Å². The second kappa shape index (κ2) is 5.40. The highest BCUT2D eigenvalue weighted by Gasteiger charge is 2.04. The van der Waals surface area contributed by atoms with Gasteiger partial charge < -0.3 is 10.5 Å². The molecule has 15 heavy (non-hydrogen) atoms. The van der Waals surface area contributed by atoms with Crippen molar-refractivity contribution >= 4 is 17.3 Å². The highest BCUT2D eigenvalue weighted by atomic mass is 35.5. The molecule has 0 aliphatic carbocycles. The van der Waals surface area contributed by atoms with Gasteiger partial charge in [-0.3, -0.25) is 0 Å². The van der Waals surface area contributed by atoms with Gasteiger partial charge in [0.2, 0.25) is 0 Å². The summed E-state index contributed by atoms with van der Waals surface area (Å²) in [6.07, 6.45) is 0. The molecule has 0 heterocycles. The van der Waals surface area contributed by atoms with E-state index in [0.717, 1.165) is 5.56 Å². The molecule has 0 radical (unpaired) electrons. The predicted octanol–water partition coefficient (Wildman–Crippen LogP) is 2.18. The number of benzene rings is 1. The van der Waals surface area contributed by atoms with Crippen LogP contribution in [0.25, 0.3) is 5.70 Å². The Hall–Kier alpha value is -1.50. The van der Waals surface area contributed by atoms with Crippen molar-refractivity contribution in [1.29, 1.82) is 5.26 Å². The van der Waals surface area contributed by atoms with Gasteiger partial charge in [-0.2, -0.15) is 5.26 Å². The second-order valence-electron chi connectivity index (χ2n) is 2.94. The maximum Gasteiger partial charge on any atom is 0.0993 e. The number of halogens is 1. The van der Waals surface area contributed by atoms with E-state index < -0.39 is 0 Å². The summed E-state index contributed by atoms with van der Waals surface area (Å²) in [6.45, 7) is 0.213. The highest BCUT2D eigenvalue weighted by molar-refractivity contribution is 6.30. The number of rotatable bonds is 3. The number of hydrogen-bond donors (Lipinski definition) is 1. The first-order valence-electron chi connectivity index (χ1n) is 4.32. The van der Waals surface area contributed by atoms with Gasteiger partial charge in [-0.05, 0) is 17.7 Å². The van der Waals surface area contributed by atoms with Crippen LogP contribution < -0.4 is 5.73 Å². The van der Waals surface area contributed by atoms with Gasteiger partial charge in [-0.1, -0.05) is 23.7 Å². The van der Waals surface area contributed by atoms with Crippen LogP contribution in [0.3, 0.4) is 0 Å². The van der Waals surface area contributed by atoms with Gasteiger partial charge in [-0.15, -0.1) is 0 Å². The van der Waals surface area contributed by atoms with E-state index in [1.807, 2.05) is 6.07 Å². The van der Waals surface area contributed by atoms with Crippen LogP contribution in [0.5, 0.6) is 0 Å². The zero-order valence-corrected chi connectivity index (χ0v) is 9.08. The Morgan fingerprint density at radius 3 is 2.53 bits per heavy atom. The fraction of sp³-hybridized carbons (Fsp3) is 0.182. The Bertz CT molecular complexity index is 404. The molecule has 0 aliphatic heterocycles. The fourth-order valence-corrected chi connectivity index (χ4v) is 1.24. The van der Waals surface area contributed by atoms with Crippen molar-refractivity contribution in [3.05, 3.63) is 40.4 Å². The van der Waals surface area contributed by atoms with Crippen molar-refractivity contribution in [1.82, 2.24) is 0 Å². The number of hydrogen-bond acceptors (Lipinski definition) is 3. The first-order chi connectivity index (χ1) is 7.19. The normalized spacial score (nSPS) is 11.8. The molecule has 3 nitrogen and oxygen atoms in total. The van der Waals surface area contributed by atoms with Gasteiger partial charge in [-0.25, -0.2) is 0 Å². The number of methoxy groups -OCH3 is 1. The van der Waals surface area contributed by atoms with Crippen LogP contribution in [0, 0.1) is 11.3 Å². The van der Waals surface area contributed by atoms with Crippen molar-refractivity contribution in [2.24, 2.45) is 5.73 Å². The molecular weight excluding hydrogens is 212 g/mol. The van der Waals surface area contributed by atoms with Gasteiger partial charge in [0, 0.05) is 12.1 Å². The fourth-order valence-electron chi connectivity index (χ4n) is 1.12. The number of nitrogens with two attached hydrogens (primary N) is 1. The third-order valence-corrected chi connectivity index (χ3v) is 2.16. The summed E-state index contributed by atoms with van der Waals surface area (Å²) in [5, 5.41) is 9.49. The van der Waals surface area contributed by atoms with Crippen molar-refractivity contribution in [3.63, 3.8) is 0 Å². The van der Waals surface area contributed by atoms with E-state index in [-0.39, 0.29) is 6.61 Å². The predicted molar refractivity (Wildman–Crippen MR) is 60.0 cm³/mol.